The van der Waals surface area contributed by atoms with Crippen molar-refractivity contribution in [1.82, 2.24) is 0 Å². The van der Waals surface area contributed by atoms with E-state index >= 15 is 0 Å². The topological polar surface area (TPSA) is 291 Å². The summed E-state index contributed by atoms with van der Waals surface area (Å²) in [7, 11) is -0.0182. The zero-order chi connectivity index (χ0) is 57.9. The fourth-order valence-corrected chi connectivity index (χ4v) is 16.6. The summed E-state index contributed by atoms with van der Waals surface area (Å²) in [4.78, 5) is 12.3. The maximum absolute atomic E-state index is 12.3. The minimum Gasteiger partial charge on any atom is -0.459 e. The van der Waals surface area contributed by atoms with Crippen molar-refractivity contribution in [3.05, 3.63) is 11.6 Å². The quantitative estimate of drug-likeness (QED) is 0.0781. The highest BCUT2D eigenvalue weighted by Crippen LogP contribution is 2.67. The first-order valence-electron chi connectivity index (χ1n) is 29.1. The maximum atomic E-state index is 12.3. The van der Waals surface area contributed by atoms with Gasteiger partial charge in [-0.1, -0.05) is 25.5 Å². The Morgan fingerprint density at radius 3 is 1.65 bits per heavy atom. The van der Waals surface area contributed by atoms with E-state index in [2.05, 4.69) is 19.9 Å². The molecule has 0 aromatic rings. The van der Waals surface area contributed by atoms with Gasteiger partial charge in [-0.05, 0) is 115 Å². The number of aliphatic hydroxyl groups is 4. The second-order valence-electron chi connectivity index (χ2n) is 24.9. The van der Waals surface area contributed by atoms with Crippen LogP contribution in [0.4, 0.5) is 0 Å². The van der Waals surface area contributed by atoms with Gasteiger partial charge in [0, 0.05) is 59.9 Å². The number of aliphatic hydroxyl groups excluding tert-OH is 4. The molecule has 5 N–H and O–H groups in total. The number of hydrogen-bond acceptors (Lipinski definition) is 22. The summed E-state index contributed by atoms with van der Waals surface area (Å²) in [5.41, 5.74) is 0.812. The molecular weight excluding hydrogens is 1070 g/mol. The molecule has 3 saturated carbocycles. The van der Waals surface area contributed by atoms with E-state index in [1.807, 2.05) is 20.8 Å². The lowest BCUT2D eigenvalue weighted by atomic mass is 9.47. The van der Waals surface area contributed by atoms with Crippen LogP contribution in [0.25, 0.3) is 0 Å². The Hall–Kier alpha value is -1.60. The highest BCUT2D eigenvalue weighted by atomic mass is 32.3. The lowest BCUT2D eigenvalue weighted by Gasteiger charge is -2.58. The van der Waals surface area contributed by atoms with Crippen molar-refractivity contribution in [2.45, 2.75) is 280 Å². The Morgan fingerprint density at radius 1 is 0.625 bits per heavy atom. The van der Waals surface area contributed by atoms with Gasteiger partial charge in [0.15, 0.2) is 31.5 Å². The number of allylic oxidation sites excluding steroid dienone is 1. The molecular formula is C56H92O23S. The number of methoxy groups -OCH3 is 3. The summed E-state index contributed by atoms with van der Waals surface area (Å²) in [5.74, 6) is -0.238. The van der Waals surface area contributed by atoms with Gasteiger partial charge in [-0.15, -0.1) is 0 Å². The number of carbonyl (C=O) groups is 1. The Balaban J connectivity index is 0.754. The SMILES string of the molecule is COC1CC(OC2C(C)OC(OC3C(C)OC(OC4C(C)OC(OC5C(C)OC(OC6CCC7(C)C(=CCC8C7CCC7(C)C8CC(OS(=O)(=O)O)C7C(C)O)C6)C(O)C5O)CC4OC)CC3OC)CC2OC(C)=O)OC(C)C1O. The van der Waals surface area contributed by atoms with Crippen LogP contribution in [0.5, 0.6) is 0 Å². The van der Waals surface area contributed by atoms with Crippen LogP contribution < -0.4 is 0 Å². The van der Waals surface area contributed by atoms with Crippen LogP contribution in [-0.4, -0.2) is 208 Å². The van der Waals surface area contributed by atoms with Gasteiger partial charge in [-0.3, -0.25) is 9.35 Å². The van der Waals surface area contributed by atoms with Gasteiger partial charge in [-0.25, -0.2) is 4.18 Å². The van der Waals surface area contributed by atoms with Crippen LogP contribution in [0.2, 0.25) is 0 Å². The summed E-state index contributed by atoms with van der Waals surface area (Å²) in [6.07, 6.45) is -9.47. The molecule has 0 radical (unpaired) electrons. The maximum Gasteiger partial charge on any atom is 0.397 e. The van der Waals surface area contributed by atoms with Gasteiger partial charge >= 0.3 is 16.4 Å². The number of fused-ring (bicyclic) bond motifs is 5. The standard InChI is InChI=1S/C56H92O23S/c1-25(57)46-37(79-80(62,63)64)20-36-34-14-13-32-19-33(15-17-55(32,8)35(34)16-18-56(36,46)9)74-54-49(61)48(60)53(30(6)72-54)78-44-23-40(67-12)50(28(4)70-44)75-43-22-39(66-11)51(27(3)69-43)76-45-24-41(73-31(7)58)52(29(5)71-45)77-42-21-38(65-10)47(59)26(2)68-42/h13,25-30,33-54,57,59-61H,14-24H2,1-12H3,(H,62,63,64). The molecule has 0 amide bonds. The van der Waals surface area contributed by atoms with E-state index in [-0.39, 0.29) is 54.5 Å². The fraction of sp³-hybridized carbons (Fsp3) is 0.946. The van der Waals surface area contributed by atoms with Crippen LogP contribution >= 0.6 is 0 Å². The first kappa shape index (κ1) is 62.9. The monoisotopic (exact) mass is 1160 g/mol. The molecule has 0 spiro atoms. The van der Waals surface area contributed by atoms with E-state index in [1.165, 1.54) is 19.6 Å². The van der Waals surface area contributed by atoms with Crippen molar-refractivity contribution in [2.24, 2.45) is 34.5 Å². The highest BCUT2D eigenvalue weighted by Gasteiger charge is 2.63. The van der Waals surface area contributed by atoms with Crippen LogP contribution in [0, 0.1) is 34.5 Å². The van der Waals surface area contributed by atoms with Crippen molar-refractivity contribution in [3.63, 3.8) is 0 Å². The van der Waals surface area contributed by atoms with Crippen LogP contribution in [0.3, 0.4) is 0 Å². The molecule has 8 fully saturated rings. The predicted molar refractivity (Wildman–Crippen MR) is 279 cm³/mol. The van der Waals surface area contributed by atoms with Gasteiger partial charge < -0.3 is 86.7 Å². The lowest BCUT2D eigenvalue weighted by Crippen LogP contribution is -2.61. The molecule has 0 aromatic carbocycles. The molecule has 460 valence electrons. The largest absolute Gasteiger partial charge is 0.459 e. The number of esters is 1. The van der Waals surface area contributed by atoms with Crippen LogP contribution in [0.1, 0.15) is 133 Å². The fourth-order valence-electron chi connectivity index (χ4n) is 16.1. The van der Waals surface area contributed by atoms with Gasteiger partial charge in [0.25, 0.3) is 0 Å². The molecule has 5 heterocycles. The van der Waals surface area contributed by atoms with Crippen LogP contribution in [0.15, 0.2) is 11.6 Å². The molecule has 24 heteroatoms. The second-order valence-corrected chi connectivity index (χ2v) is 26.0. The summed E-state index contributed by atoms with van der Waals surface area (Å²) in [6, 6.07) is 0. The molecule has 30 unspecified atom stereocenters. The van der Waals surface area contributed by atoms with E-state index in [1.54, 1.807) is 35.0 Å². The van der Waals surface area contributed by atoms with Crippen molar-refractivity contribution >= 4 is 16.4 Å². The smallest absolute Gasteiger partial charge is 0.397 e. The molecule has 30 atom stereocenters. The normalized spacial score (nSPS) is 50.4. The van der Waals surface area contributed by atoms with Crippen LogP contribution in [-0.2, 0) is 85.7 Å². The van der Waals surface area contributed by atoms with Crippen molar-refractivity contribution in [1.29, 1.82) is 0 Å². The van der Waals surface area contributed by atoms with Gasteiger partial charge in [0.1, 0.15) is 48.8 Å². The molecule has 80 heavy (non-hydrogen) atoms. The first-order valence-corrected chi connectivity index (χ1v) is 30.5. The molecule has 5 saturated heterocycles. The Morgan fingerprint density at radius 2 is 1.12 bits per heavy atom. The van der Waals surface area contributed by atoms with E-state index in [0.717, 1.165) is 25.7 Å². The lowest BCUT2D eigenvalue weighted by molar-refractivity contribution is -0.357. The summed E-state index contributed by atoms with van der Waals surface area (Å²) >= 11 is 0. The average Bonchev–Trinajstić information content (AvgIpc) is 3.91. The van der Waals surface area contributed by atoms with Crippen molar-refractivity contribution in [3.8, 4) is 0 Å². The Kier molecular flexibility index (Phi) is 20.0. The van der Waals surface area contributed by atoms with Gasteiger partial charge in [0.2, 0.25) is 0 Å². The first-order chi connectivity index (χ1) is 37.7. The molecule has 23 nitrogen and oxygen atoms in total. The summed E-state index contributed by atoms with van der Waals surface area (Å²) in [6.45, 7) is 16.5. The highest BCUT2D eigenvalue weighted by molar-refractivity contribution is 7.80. The zero-order valence-electron chi connectivity index (χ0n) is 48.5. The number of carbonyl (C=O) groups excluding carboxylic acids is 1. The molecule has 4 aliphatic carbocycles. The van der Waals surface area contributed by atoms with E-state index in [9.17, 15) is 38.2 Å². The van der Waals surface area contributed by atoms with E-state index in [0.29, 0.717) is 25.2 Å². The Bertz CT molecular complexity index is 2220. The number of hydrogen-bond donors (Lipinski definition) is 5. The molecule has 0 bridgehead atoms. The van der Waals surface area contributed by atoms with Crippen molar-refractivity contribution < 1.29 is 109 Å². The minimum absolute atomic E-state index is 0.104. The predicted octanol–water partition coefficient (Wildman–Crippen LogP) is 4.01. The molecule has 9 aliphatic rings. The number of rotatable bonds is 17. The molecule has 5 aliphatic heterocycles. The third-order valence-corrected chi connectivity index (χ3v) is 20.5. The third kappa shape index (κ3) is 13.1. The molecule has 0 aromatic heterocycles. The minimum atomic E-state index is -4.70. The summed E-state index contributed by atoms with van der Waals surface area (Å²) < 4.78 is 126. The zero-order valence-corrected chi connectivity index (χ0v) is 49.3. The van der Waals surface area contributed by atoms with Crippen molar-refractivity contribution in [2.75, 3.05) is 21.3 Å². The Labute approximate surface area is 471 Å². The third-order valence-electron chi connectivity index (χ3n) is 20.0. The number of ether oxygens (including phenoxy) is 14. The van der Waals surface area contributed by atoms with E-state index < -0.39 is 164 Å². The second kappa shape index (κ2) is 25.4. The average molecular weight is 1170 g/mol. The van der Waals surface area contributed by atoms with Gasteiger partial charge in [0.05, 0.1) is 67.1 Å². The summed E-state index contributed by atoms with van der Waals surface area (Å²) in [5, 5.41) is 44.5. The molecule has 9 rings (SSSR count). The van der Waals surface area contributed by atoms with E-state index in [4.69, 9.17) is 70.5 Å². The van der Waals surface area contributed by atoms with Gasteiger partial charge in [-0.2, -0.15) is 8.42 Å².